The van der Waals surface area contributed by atoms with Gasteiger partial charge in [-0.2, -0.15) is 0 Å². The van der Waals surface area contributed by atoms with Crippen LogP contribution in [0.15, 0.2) is 48.5 Å². The second kappa shape index (κ2) is 10.7. The summed E-state index contributed by atoms with van der Waals surface area (Å²) in [7, 11) is 0. The fourth-order valence-electron chi connectivity index (χ4n) is 3.49. The summed E-state index contributed by atoms with van der Waals surface area (Å²) in [6, 6.07) is 15.4. The molecule has 1 saturated heterocycles. The van der Waals surface area contributed by atoms with Gasteiger partial charge in [-0.3, -0.25) is 14.4 Å². The Morgan fingerprint density at radius 3 is 2.58 bits per heavy atom. The minimum atomic E-state index is -0.709. The van der Waals surface area contributed by atoms with Crippen LogP contribution in [-0.2, 0) is 19.1 Å². The van der Waals surface area contributed by atoms with Gasteiger partial charge >= 0.3 is 11.8 Å². The number of carbonyl (C=O) groups excluding carboxylic acids is 3. The molecule has 1 aliphatic rings. The lowest BCUT2D eigenvalue weighted by atomic mass is 10.1. The summed E-state index contributed by atoms with van der Waals surface area (Å²) >= 11 is 0. The second-order valence-electron chi connectivity index (χ2n) is 7.67. The SMILES string of the molecule is Cc1cccc(NC(=O)C(=O)NCCCC(=O)N2CCOC(c3ccccc3)C2)c1C. The third-order valence-electron chi connectivity index (χ3n) is 5.50. The number of morpholine rings is 1. The highest BCUT2D eigenvalue weighted by atomic mass is 16.5. The molecule has 7 heteroatoms. The smallest absolute Gasteiger partial charge is 0.313 e. The zero-order valence-electron chi connectivity index (χ0n) is 18.0. The van der Waals surface area contributed by atoms with Crippen LogP contribution >= 0.6 is 0 Å². The maximum absolute atomic E-state index is 12.5. The van der Waals surface area contributed by atoms with E-state index in [-0.39, 0.29) is 18.6 Å². The van der Waals surface area contributed by atoms with Crippen LogP contribution in [0, 0.1) is 13.8 Å². The average Bonchev–Trinajstić information content (AvgIpc) is 2.80. The van der Waals surface area contributed by atoms with Crippen molar-refractivity contribution < 1.29 is 19.1 Å². The number of amides is 3. The van der Waals surface area contributed by atoms with Gasteiger partial charge in [0.2, 0.25) is 5.91 Å². The summed E-state index contributed by atoms with van der Waals surface area (Å²) in [5, 5.41) is 5.22. The van der Waals surface area contributed by atoms with E-state index in [1.54, 1.807) is 11.0 Å². The first-order valence-electron chi connectivity index (χ1n) is 10.6. The van der Waals surface area contributed by atoms with Gasteiger partial charge in [-0.1, -0.05) is 42.5 Å². The Morgan fingerprint density at radius 2 is 1.81 bits per heavy atom. The van der Waals surface area contributed by atoms with Gasteiger partial charge in [0.25, 0.3) is 0 Å². The zero-order valence-corrected chi connectivity index (χ0v) is 18.0. The molecule has 0 spiro atoms. The monoisotopic (exact) mass is 423 g/mol. The van der Waals surface area contributed by atoms with Crippen molar-refractivity contribution in [2.24, 2.45) is 0 Å². The van der Waals surface area contributed by atoms with Crippen LogP contribution in [0.3, 0.4) is 0 Å². The molecule has 1 atom stereocenters. The minimum Gasteiger partial charge on any atom is -0.370 e. The van der Waals surface area contributed by atoms with Crippen molar-refractivity contribution >= 4 is 23.4 Å². The predicted molar refractivity (Wildman–Crippen MR) is 119 cm³/mol. The number of nitrogens with one attached hydrogen (secondary N) is 2. The Kier molecular flexibility index (Phi) is 7.78. The first-order valence-corrected chi connectivity index (χ1v) is 10.6. The molecule has 0 bridgehead atoms. The van der Waals surface area contributed by atoms with Crippen molar-refractivity contribution in [3.63, 3.8) is 0 Å². The van der Waals surface area contributed by atoms with Crippen molar-refractivity contribution in [3.8, 4) is 0 Å². The molecule has 2 aromatic rings. The van der Waals surface area contributed by atoms with Gasteiger partial charge in [0, 0.05) is 25.2 Å². The van der Waals surface area contributed by atoms with Gasteiger partial charge in [0.15, 0.2) is 0 Å². The lowest BCUT2D eigenvalue weighted by Gasteiger charge is -2.33. The summed E-state index contributed by atoms with van der Waals surface area (Å²) in [6.07, 6.45) is 0.655. The van der Waals surface area contributed by atoms with Crippen LogP contribution in [0.2, 0.25) is 0 Å². The highest BCUT2D eigenvalue weighted by molar-refractivity contribution is 6.39. The van der Waals surface area contributed by atoms with Crippen molar-refractivity contribution in [2.75, 3.05) is 31.6 Å². The number of hydrogen-bond donors (Lipinski definition) is 2. The van der Waals surface area contributed by atoms with Gasteiger partial charge in [0.1, 0.15) is 6.10 Å². The molecule has 2 aromatic carbocycles. The zero-order chi connectivity index (χ0) is 22.2. The van der Waals surface area contributed by atoms with E-state index >= 15 is 0 Å². The van der Waals surface area contributed by atoms with Gasteiger partial charge < -0.3 is 20.3 Å². The minimum absolute atomic E-state index is 0.0262. The van der Waals surface area contributed by atoms with E-state index in [1.165, 1.54) is 0 Å². The molecule has 1 fully saturated rings. The Balaban J connectivity index is 1.39. The molecule has 1 aliphatic heterocycles. The molecule has 0 saturated carbocycles. The van der Waals surface area contributed by atoms with Crippen LogP contribution in [0.1, 0.15) is 35.6 Å². The molecule has 3 amide bonds. The van der Waals surface area contributed by atoms with Crippen LogP contribution in [0.25, 0.3) is 0 Å². The normalized spacial score (nSPS) is 15.9. The number of aryl methyl sites for hydroxylation is 1. The van der Waals surface area contributed by atoms with Gasteiger partial charge in [-0.05, 0) is 43.0 Å². The number of anilines is 1. The highest BCUT2D eigenvalue weighted by Crippen LogP contribution is 2.22. The Labute approximate surface area is 182 Å². The maximum Gasteiger partial charge on any atom is 0.313 e. The third-order valence-corrected chi connectivity index (χ3v) is 5.50. The van der Waals surface area contributed by atoms with Crippen molar-refractivity contribution in [1.29, 1.82) is 0 Å². The molecule has 164 valence electrons. The first kappa shape index (κ1) is 22.5. The van der Waals surface area contributed by atoms with E-state index in [4.69, 9.17) is 4.74 Å². The number of rotatable bonds is 6. The number of carbonyl (C=O) groups is 3. The molecule has 3 rings (SSSR count). The summed E-state index contributed by atoms with van der Waals surface area (Å²) in [4.78, 5) is 38.5. The molecule has 7 nitrogen and oxygen atoms in total. The van der Waals surface area contributed by atoms with E-state index < -0.39 is 11.8 Å². The fourth-order valence-corrected chi connectivity index (χ4v) is 3.49. The predicted octanol–water partition coefficient (Wildman–Crippen LogP) is 2.74. The Morgan fingerprint density at radius 1 is 1.03 bits per heavy atom. The molecule has 31 heavy (non-hydrogen) atoms. The fraction of sp³-hybridized carbons (Fsp3) is 0.375. The Bertz CT molecular complexity index is 930. The molecular weight excluding hydrogens is 394 g/mol. The lowest BCUT2D eigenvalue weighted by molar-refractivity contribution is -0.139. The molecule has 0 aromatic heterocycles. The van der Waals surface area contributed by atoms with E-state index in [2.05, 4.69) is 10.6 Å². The van der Waals surface area contributed by atoms with E-state index in [0.717, 1.165) is 16.7 Å². The number of benzene rings is 2. The third kappa shape index (κ3) is 6.15. The standard InChI is InChI=1S/C24H29N3O4/c1-17-8-6-11-20(18(17)2)26-24(30)23(29)25-13-7-12-22(28)27-14-15-31-21(16-27)19-9-4-3-5-10-19/h3-6,8-11,21H,7,12-16H2,1-2H3,(H,25,29)(H,26,30). The highest BCUT2D eigenvalue weighted by Gasteiger charge is 2.25. The second-order valence-corrected chi connectivity index (χ2v) is 7.67. The summed E-state index contributed by atoms with van der Waals surface area (Å²) in [5.74, 6) is -1.39. The van der Waals surface area contributed by atoms with Crippen molar-refractivity contribution in [2.45, 2.75) is 32.8 Å². The molecular formula is C24H29N3O4. The summed E-state index contributed by atoms with van der Waals surface area (Å²) < 4.78 is 5.80. The first-order chi connectivity index (χ1) is 15.0. The van der Waals surface area contributed by atoms with Gasteiger partial charge in [0.05, 0.1) is 13.2 Å². The quantitative estimate of drug-likeness (QED) is 0.552. The van der Waals surface area contributed by atoms with Crippen molar-refractivity contribution in [1.82, 2.24) is 10.2 Å². The number of ether oxygens (including phenoxy) is 1. The van der Waals surface area contributed by atoms with Gasteiger partial charge in [-0.25, -0.2) is 0 Å². The van der Waals surface area contributed by atoms with Gasteiger partial charge in [-0.15, -0.1) is 0 Å². The lowest BCUT2D eigenvalue weighted by Crippen LogP contribution is -2.42. The average molecular weight is 424 g/mol. The molecule has 1 unspecified atom stereocenters. The van der Waals surface area contributed by atoms with Crippen LogP contribution < -0.4 is 10.6 Å². The van der Waals surface area contributed by atoms with Crippen LogP contribution in [-0.4, -0.2) is 48.9 Å². The largest absolute Gasteiger partial charge is 0.370 e. The Hall–Kier alpha value is -3.19. The topological polar surface area (TPSA) is 87.7 Å². The number of hydrogen-bond acceptors (Lipinski definition) is 4. The molecule has 0 aliphatic carbocycles. The molecule has 1 heterocycles. The van der Waals surface area contributed by atoms with Crippen LogP contribution in [0.5, 0.6) is 0 Å². The van der Waals surface area contributed by atoms with E-state index in [0.29, 0.717) is 38.2 Å². The maximum atomic E-state index is 12.5. The van der Waals surface area contributed by atoms with E-state index in [9.17, 15) is 14.4 Å². The van der Waals surface area contributed by atoms with Crippen molar-refractivity contribution in [3.05, 3.63) is 65.2 Å². The summed E-state index contributed by atoms with van der Waals surface area (Å²) in [5.41, 5.74) is 3.64. The van der Waals surface area contributed by atoms with Crippen LogP contribution in [0.4, 0.5) is 5.69 Å². The van der Waals surface area contributed by atoms with E-state index in [1.807, 2.05) is 56.3 Å². The summed E-state index contributed by atoms with van der Waals surface area (Å²) in [6.45, 7) is 5.68. The molecule has 2 N–H and O–H groups in total. The number of nitrogens with zero attached hydrogens (tertiary/aromatic N) is 1. The molecule has 0 radical (unpaired) electrons.